The summed E-state index contributed by atoms with van der Waals surface area (Å²) in [6.45, 7) is 3.42. The molecule has 7 heteroatoms. The first-order chi connectivity index (χ1) is 15.7. The van der Waals surface area contributed by atoms with Gasteiger partial charge in [-0.15, -0.1) is 11.8 Å². The highest BCUT2D eigenvalue weighted by Crippen LogP contribution is 2.36. The van der Waals surface area contributed by atoms with Gasteiger partial charge in [-0.1, -0.05) is 53.5 Å². The lowest BCUT2D eigenvalue weighted by atomic mass is 10.0. The third kappa shape index (κ3) is 4.84. The Hall–Kier alpha value is -2.28. The third-order valence-corrected chi connectivity index (χ3v) is 7.10. The predicted octanol–water partition coefficient (Wildman–Crippen LogP) is 6.95. The molecule has 0 spiro atoms. The number of hydrogen-bond donors (Lipinski definition) is 2. The number of rotatable bonds is 6. The van der Waals surface area contributed by atoms with Gasteiger partial charge in [0.1, 0.15) is 11.4 Å². The van der Waals surface area contributed by atoms with Gasteiger partial charge in [-0.25, -0.2) is 4.98 Å². The minimum Gasteiger partial charge on any atom is -0.392 e. The summed E-state index contributed by atoms with van der Waals surface area (Å²) in [5.41, 5.74) is 4.03. The van der Waals surface area contributed by atoms with Crippen molar-refractivity contribution in [2.24, 2.45) is 0 Å². The van der Waals surface area contributed by atoms with Gasteiger partial charge in [0.25, 0.3) is 0 Å². The Morgan fingerprint density at radius 2 is 1.70 bits per heavy atom. The molecule has 4 nitrogen and oxygen atoms in total. The van der Waals surface area contributed by atoms with Gasteiger partial charge in [0.15, 0.2) is 0 Å². The maximum atomic E-state index is 10.6. The van der Waals surface area contributed by atoms with Crippen LogP contribution in [0.25, 0.3) is 28.2 Å². The van der Waals surface area contributed by atoms with E-state index < -0.39 is 5.60 Å². The van der Waals surface area contributed by atoms with Gasteiger partial charge in [0.2, 0.25) is 0 Å². The molecule has 0 atom stereocenters. The number of nitrogens with zero attached hydrogens (tertiary/aromatic N) is 2. The van der Waals surface area contributed by atoms with Gasteiger partial charge in [0, 0.05) is 22.3 Å². The van der Waals surface area contributed by atoms with Crippen LogP contribution in [0.2, 0.25) is 10.0 Å². The fourth-order valence-corrected chi connectivity index (χ4v) is 4.63. The monoisotopic (exact) mass is 498 g/mol. The molecule has 1 aromatic heterocycles. The largest absolute Gasteiger partial charge is 0.392 e. The smallest absolute Gasteiger partial charge is 0.146 e. The van der Waals surface area contributed by atoms with Crippen molar-refractivity contribution in [1.82, 2.24) is 9.55 Å². The van der Waals surface area contributed by atoms with Crippen molar-refractivity contribution in [3.8, 4) is 28.2 Å². The molecule has 2 N–H and O–H groups in total. The molecule has 0 aliphatic carbocycles. The first-order valence-electron chi connectivity index (χ1n) is 10.4. The van der Waals surface area contributed by atoms with E-state index in [4.69, 9.17) is 28.2 Å². The molecule has 0 aliphatic rings. The quantitative estimate of drug-likeness (QED) is 0.282. The number of aliphatic hydroxyl groups is 2. The fourth-order valence-electron chi connectivity index (χ4n) is 3.61. The van der Waals surface area contributed by atoms with Crippen molar-refractivity contribution in [3.63, 3.8) is 0 Å². The van der Waals surface area contributed by atoms with Gasteiger partial charge in [-0.2, -0.15) is 0 Å². The lowest BCUT2D eigenvalue weighted by molar-refractivity contribution is 0.0743. The van der Waals surface area contributed by atoms with Gasteiger partial charge in [-0.3, -0.25) is 4.57 Å². The van der Waals surface area contributed by atoms with E-state index in [0.717, 1.165) is 27.3 Å². The summed E-state index contributed by atoms with van der Waals surface area (Å²) < 4.78 is 1.91. The average molecular weight is 499 g/mol. The molecular formula is C26H24Cl2N2O2S. The number of thioether (sulfide) groups is 1. The van der Waals surface area contributed by atoms with Crippen molar-refractivity contribution in [1.29, 1.82) is 0 Å². The molecule has 0 fully saturated rings. The van der Waals surface area contributed by atoms with Gasteiger partial charge < -0.3 is 10.2 Å². The topological polar surface area (TPSA) is 58.3 Å². The SMILES string of the molecule is CSc1cc(-c2ccc(-n3cc(C(C)(C)O)nc3-c3cccc(Cl)c3Cl)cc2)ccc1CO. The number of benzene rings is 3. The Labute approximate surface area is 207 Å². The first-order valence-corrected chi connectivity index (χ1v) is 12.4. The molecule has 0 bridgehead atoms. The van der Waals surface area contributed by atoms with Crippen molar-refractivity contribution in [2.45, 2.75) is 31.0 Å². The number of hydrogen-bond acceptors (Lipinski definition) is 4. The van der Waals surface area contributed by atoms with Crippen molar-refractivity contribution < 1.29 is 10.2 Å². The van der Waals surface area contributed by atoms with E-state index in [1.54, 1.807) is 31.7 Å². The summed E-state index contributed by atoms with van der Waals surface area (Å²) in [6.07, 6.45) is 3.83. The molecule has 1 heterocycles. The molecule has 4 aromatic rings. The standard InChI is InChI=1S/C26H24Cl2N2O2S/c1-26(2,32)23-14-30(25(29-23)20-5-4-6-21(27)24(20)28)19-11-9-16(10-12-19)17-7-8-18(15-31)22(13-17)33-3/h4-14,31-32H,15H2,1-3H3. The Balaban J connectivity index is 1.79. The number of aromatic nitrogens is 2. The Bertz CT molecular complexity index is 1290. The van der Waals surface area contributed by atoms with E-state index in [9.17, 15) is 10.2 Å². The van der Waals surface area contributed by atoms with E-state index in [1.807, 2.05) is 65.6 Å². The van der Waals surface area contributed by atoms with Crippen molar-refractivity contribution in [2.75, 3.05) is 6.26 Å². The molecule has 0 aliphatic heterocycles. The van der Waals surface area contributed by atoms with Crippen LogP contribution in [-0.4, -0.2) is 26.0 Å². The normalized spacial score (nSPS) is 11.7. The van der Waals surface area contributed by atoms with E-state index >= 15 is 0 Å². The van der Waals surface area contributed by atoms with Crippen LogP contribution in [0.1, 0.15) is 25.1 Å². The van der Waals surface area contributed by atoms with E-state index in [1.165, 1.54) is 0 Å². The van der Waals surface area contributed by atoms with Crippen LogP contribution in [0.4, 0.5) is 0 Å². The summed E-state index contributed by atoms with van der Waals surface area (Å²) in [7, 11) is 0. The highest BCUT2D eigenvalue weighted by molar-refractivity contribution is 7.98. The number of halogens is 2. The van der Waals surface area contributed by atoms with Crippen LogP contribution in [0.15, 0.2) is 71.8 Å². The summed E-state index contributed by atoms with van der Waals surface area (Å²) in [5.74, 6) is 0.601. The summed E-state index contributed by atoms with van der Waals surface area (Å²) in [4.78, 5) is 5.75. The lowest BCUT2D eigenvalue weighted by Crippen LogP contribution is -2.15. The predicted molar refractivity (Wildman–Crippen MR) is 137 cm³/mol. The second-order valence-electron chi connectivity index (χ2n) is 8.21. The maximum Gasteiger partial charge on any atom is 0.146 e. The summed E-state index contributed by atoms with van der Waals surface area (Å²) >= 11 is 14.4. The van der Waals surface area contributed by atoms with Crippen LogP contribution in [0.5, 0.6) is 0 Å². The molecule has 0 saturated heterocycles. The fraction of sp³-hybridized carbons (Fsp3) is 0.192. The second kappa shape index (κ2) is 9.53. The molecule has 3 aromatic carbocycles. The zero-order valence-electron chi connectivity index (χ0n) is 18.5. The molecule has 0 radical (unpaired) electrons. The summed E-state index contributed by atoms with van der Waals surface area (Å²) in [6, 6.07) is 19.6. The number of aliphatic hydroxyl groups excluding tert-OH is 1. The second-order valence-corrected chi connectivity index (χ2v) is 9.85. The third-order valence-electron chi connectivity index (χ3n) is 5.46. The van der Waals surface area contributed by atoms with E-state index in [0.29, 0.717) is 27.1 Å². The summed E-state index contributed by atoms with van der Waals surface area (Å²) in [5, 5.41) is 21.0. The van der Waals surface area contributed by atoms with Gasteiger partial charge >= 0.3 is 0 Å². The first kappa shape index (κ1) is 23.9. The Morgan fingerprint density at radius 3 is 2.33 bits per heavy atom. The lowest BCUT2D eigenvalue weighted by Gasteiger charge is -2.13. The molecule has 0 unspecified atom stereocenters. The van der Waals surface area contributed by atoms with E-state index in [-0.39, 0.29) is 6.61 Å². The van der Waals surface area contributed by atoms with Crippen LogP contribution in [-0.2, 0) is 12.2 Å². The average Bonchev–Trinajstić information content (AvgIpc) is 3.26. The van der Waals surface area contributed by atoms with Crippen LogP contribution in [0.3, 0.4) is 0 Å². The molecular weight excluding hydrogens is 475 g/mol. The minimum absolute atomic E-state index is 0.0222. The Kier molecular flexibility index (Phi) is 6.89. The zero-order valence-corrected chi connectivity index (χ0v) is 20.8. The van der Waals surface area contributed by atoms with Crippen LogP contribution >= 0.6 is 35.0 Å². The van der Waals surface area contributed by atoms with E-state index in [2.05, 4.69) is 6.07 Å². The number of imidazole rings is 1. The maximum absolute atomic E-state index is 10.6. The molecule has 170 valence electrons. The molecule has 4 rings (SSSR count). The molecule has 0 amide bonds. The van der Waals surface area contributed by atoms with Crippen LogP contribution in [0, 0.1) is 0 Å². The molecule has 0 saturated carbocycles. The highest BCUT2D eigenvalue weighted by atomic mass is 35.5. The van der Waals surface area contributed by atoms with Gasteiger partial charge in [0.05, 0.1) is 22.3 Å². The zero-order chi connectivity index (χ0) is 23.8. The van der Waals surface area contributed by atoms with Crippen molar-refractivity contribution >= 4 is 35.0 Å². The highest BCUT2D eigenvalue weighted by Gasteiger charge is 2.24. The molecule has 33 heavy (non-hydrogen) atoms. The Morgan fingerprint density at radius 1 is 1.00 bits per heavy atom. The minimum atomic E-state index is -1.12. The van der Waals surface area contributed by atoms with Crippen molar-refractivity contribution in [3.05, 3.63) is 88.2 Å². The van der Waals surface area contributed by atoms with Crippen LogP contribution < -0.4 is 0 Å². The van der Waals surface area contributed by atoms with Gasteiger partial charge in [-0.05, 0) is 67.1 Å².